The smallest absolute Gasteiger partial charge is 0.306 e. The molecule has 88 valence electrons. The van der Waals surface area contributed by atoms with Crippen LogP contribution in [-0.2, 0) is 4.79 Å². The van der Waals surface area contributed by atoms with Crippen LogP contribution in [-0.4, -0.2) is 24.7 Å². The number of hydrogen-bond acceptors (Lipinski definition) is 2. The Bertz CT molecular complexity index is 208. The van der Waals surface area contributed by atoms with Crippen LogP contribution in [0.15, 0.2) is 0 Å². The molecule has 0 aromatic carbocycles. The molecule has 2 N–H and O–H groups in total. The zero-order valence-electron chi connectivity index (χ0n) is 9.88. The predicted molar refractivity (Wildman–Crippen MR) is 60.9 cm³/mol. The van der Waals surface area contributed by atoms with Crippen LogP contribution >= 0.6 is 0 Å². The summed E-state index contributed by atoms with van der Waals surface area (Å²) in [6, 6.07) is 0. The van der Waals surface area contributed by atoms with E-state index in [0.717, 1.165) is 32.2 Å². The molecule has 1 aliphatic carbocycles. The summed E-state index contributed by atoms with van der Waals surface area (Å²) < 4.78 is 0. The number of aliphatic carboxylic acids is 1. The SMILES string of the molecule is CCC1(CCNC)CCC(C(=O)O)CC1. The van der Waals surface area contributed by atoms with Gasteiger partial charge in [0.15, 0.2) is 0 Å². The highest BCUT2D eigenvalue weighted by Crippen LogP contribution is 2.43. The second kappa shape index (κ2) is 5.50. The molecular weight excluding hydrogens is 190 g/mol. The molecule has 0 heterocycles. The fourth-order valence-electron chi connectivity index (χ4n) is 2.65. The van der Waals surface area contributed by atoms with Crippen molar-refractivity contribution in [2.45, 2.75) is 45.4 Å². The van der Waals surface area contributed by atoms with Gasteiger partial charge in [-0.2, -0.15) is 0 Å². The van der Waals surface area contributed by atoms with Crippen molar-refractivity contribution in [2.24, 2.45) is 11.3 Å². The monoisotopic (exact) mass is 213 g/mol. The molecule has 3 heteroatoms. The van der Waals surface area contributed by atoms with Crippen molar-refractivity contribution in [1.82, 2.24) is 5.32 Å². The minimum atomic E-state index is -0.603. The molecule has 0 bridgehead atoms. The summed E-state index contributed by atoms with van der Waals surface area (Å²) in [5.41, 5.74) is 0.412. The minimum absolute atomic E-state index is 0.0840. The van der Waals surface area contributed by atoms with Crippen molar-refractivity contribution >= 4 is 5.97 Å². The Labute approximate surface area is 92.3 Å². The fourth-order valence-corrected chi connectivity index (χ4v) is 2.65. The van der Waals surface area contributed by atoms with Crippen LogP contribution < -0.4 is 5.32 Å². The average molecular weight is 213 g/mol. The molecule has 3 nitrogen and oxygen atoms in total. The molecule has 0 aliphatic heterocycles. The van der Waals surface area contributed by atoms with E-state index < -0.39 is 5.97 Å². The largest absolute Gasteiger partial charge is 0.481 e. The van der Waals surface area contributed by atoms with Gasteiger partial charge in [-0.3, -0.25) is 4.79 Å². The lowest BCUT2D eigenvalue weighted by molar-refractivity contribution is -0.143. The van der Waals surface area contributed by atoms with Crippen molar-refractivity contribution in [3.63, 3.8) is 0 Å². The van der Waals surface area contributed by atoms with Gasteiger partial charge in [-0.25, -0.2) is 0 Å². The zero-order valence-corrected chi connectivity index (χ0v) is 9.88. The van der Waals surface area contributed by atoms with Crippen LogP contribution in [0.4, 0.5) is 0 Å². The summed E-state index contributed by atoms with van der Waals surface area (Å²) >= 11 is 0. The maximum Gasteiger partial charge on any atom is 0.306 e. The molecule has 1 fully saturated rings. The number of carboxylic acids is 1. The van der Waals surface area contributed by atoms with Crippen molar-refractivity contribution in [3.05, 3.63) is 0 Å². The lowest BCUT2D eigenvalue weighted by Crippen LogP contribution is -2.32. The van der Waals surface area contributed by atoms with Gasteiger partial charge in [0.25, 0.3) is 0 Å². The first-order valence-electron chi connectivity index (χ1n) is 6.01. The molecule has 0 spiro atoms. The average Bonchev–Trinajstić information content (AvgIpc) is 2.27. The minimum Gasteiger partial charge on any atom is -0.481 e. The van der Waals surface area contributed by atoms with Gasteiger partial charge >= 0.3 is 5.97 Å². The van der Waals surface area contributed by atoms with E-state index in [2.05, 4.69) is 12.2 Å². The van der Waals surface area contributed by atoms with Crippen molar-refractivity contribution in [3.8, 4) is 0 Å². The lowest BCUT2D eigenvalue weighted by atomic mass is 9.67. The molecule has 0 aromatic rings. The number of carbonyl (C=O) groups is 1. The number of rotatable bonds is 5. The van der Waals surface area contributed by atoms with Crippen LogP contribution in [0.3, 0.4) is 0 Å². The predicted octanol–water partition coefficient (Wildman–Crippen LogP) is 2.27. The molecule has 0 atom stereocenters. The zero-order chi connectivity index (χ0) is 11.3. The summed E-state index contributed by atoms with van der Waals surface area (Å²) in [4.78, 5) is 10.9. The van der Waals surface area contributed by atoms with Crippen LogP contribution in [0.1, 0.15) is 45.4 Å². The molecule has 0 aromatic heterocycles. The van der Waals surface area contributed by atoms with Gasteiger partial charge in [0.05, 0.1) is 5.92 Å². The van der Waals surface area contributed by atoms with Crippen molar-refractivity contribution < 1.29 is 9.90 Å². The van der Waals surface area contributed by atoms with Gasteiger partial charge in [-0.1, -0.05) is 13.3 Å². The van der Waals surface area contributed by atoms with Crippen molar-refractivity contribution in [2.75, 3.05) is 13.6 Å². The maximum atomic E-state index is 10.9. The Morgan fingerprint density at radius 2 is 2.07 bits per heavy atom. The lowest BCUT2D eigenvalue weighted by Gasteiger charge is -2.38. The van der Waals surface area contributed by atoms with Gasteiger partial charge in [0.2, 0.25) is 0 Å². The topological polar surface area (TPSA) is 49.3 Å². The Hall–Kier alpha value is -0.570. The molecule has 0 radical (unpaired) electrons. The molecule has 0 saturated heterocycles. The first-order valence-corrected chi connectivity index (χ1v) is 6.01. The molecule has 0 amide bonds. The first-order chi connectivity index (χ1) is 7.13. The maximum absolute atomic E-state index is 10.9. The van der Waals surface area contributed by atoms with Crippen LogP contribution in [0, 0.1) is 11.3 Å². The first kappa shape index (κ1) is 12.5. The van der Waals surface area contributed by atoms with E-state index in [0.29, 0.717) is 5.41 Å². The fraction of sp³-hybridized carbons (Fsp3) is 0.917. The highest BCUT2D eigenvalue weighted by molar-refractivity contribution is 5.70. The third-order valence-electron chi connectivity index (χ3n) is 4.05. The van der Waals surface area contributed by atoms with Gasteiger partial charge in [-0.05, 0) is 51.1 Å². The molecule has 15 heavy (non-hydrogen) atoms. The highest BCUT2D eigenvalue weighted by Gasteiger charge is 2.35. The Balaban J connectivity index is 2.46. The van der Waals surface area contributed by atoms with Gasteiger partial charge in [-0.15, -0.1) is 0 Å². The number of carboxylic acid groups (broad SMARTS) is 1. The highest BCUT2D eigenvalue weighted by atomic mass is 16.4. The van der Waals surface area contributed by atoms with Gasteiger partial charge < -0.3 is 10.4 Å². The third-order valence-corrected chi connectivity index (χ3v) is 4.05. The summed E-state index contributed by atoms with van der Waals surface area (Å²) in [5, 5.41) is 12.1. The molecular formula is C12H23NO2. The molecule has 1 rings (SSSR count). The summed E-state index contributed by atoms with van der Waals surface area (Å²) in [6.07, 6.45) is 6.28. The number of hydrogen-bond donors (Lipinski definition) is 2. The Morgan fingerprint density at radius 1 is 1.47 bits per heavy atom. The van der Waals surface area contributed by atoms with Crippen LogP contribution in [0.5, 0.6) is 0 Å². The second-order valence-corrected chi connectivity index (χ2v) is 4.82. The van der Waals surface area contributed by atoms with E-state index in [9.17, 15) is 4.79 Å². The van der Waals surface area contributed by atoms with E-state index in [1.807, 2.05) is 7.05 Å². The van der Waals surface area contributed by atoms with E-state index in [1.165, 1.54) is 12.8 Å². The van der Waals surface area contributed by atoms with E-state index >= 15 is 0 Å². The Morgan fingerprint density at radius 3 is 2.47 bits per heavy atom. The van der Waals surface area contributed by atoms with Gasteiger partial charge in [0.1, 0.15) is 0 Å². The standard InChI is InChI=1S/C12H23NO2/c1-3-12(8-9-13-2)6-4-10(5-7-12)11(14)15/h10,13H,3-9H2,1-2H3,(H,14,15). The van der Waals surface area contributed by atoms with E-state index in [1.54, 1.807) is 0 Å². The second-order valence-electron chi connectivity index (χ2n) is 4.82. The summed E-state index contributed by atoms with van der Waals surface area (Å²) in [6.45, 7) is 3.28. The molecule has 0 unspecified atom stereocenters. The van der Waals surface area contributed by atoms with Crippen molar-refractivity contribution in [1.29, 1.82) is 0 Å². The molecule has 1 aliphatic rings. The van der Waals surface area contributed by atoms with E-state index in [-0.39, 0.29) is 5.92 Å². The molecule has 1 saturated carbocycles. The van der Waals surface area contributed by atoms with Gasteiger partial charge in [0, 0.05) is 0 Å². The number of nitrogens with one attached hydrogen (secondary N) is 1. The summed E-state index contributed by atoms with van der Waals surface area (Å²) in [5.74, 6) is -0.687. The normalized spacial score (nSPS) is 31.5. The van der Waals surface area contributed by atoms with Crippen LogP contribution in [0.25, 0.3) is 0 Å². The van der Waals surface area contributed by atoms with Crippen LogP contribution in [0.2, 0.25) is 0 Å². The third kappa shape index (κ3) is 3.20. The summed E-state index contributed by atoms with van der Waals surface area (Å²) in [7, 11) is 1.98. The Kier molecular flexibility index (Phi) is 4.58. The quantitative estimate of drug-likeness (QED) is 0.736. The van der Waals surface area contributed by atoms with E-state index in [4.69, 9.17) is 5.11 Å².